The predicted molar refractivity (Wildman–Crippen MR) is 100 cm³/mol. The van der Waals surface area contributed by atoms with Gasteiger partial charge in [0.15, 0.2) is 0 Å². The molecule has 0 aliphatic rings. The predicted octanol–water partition coefficient (Wildman–Crippen LogP) is 2.78. The summed E-state index contributed by atoms with van der Waals surface area (Å²) in [5.74, 6) is -0.235. The highest BCUT2D eigenvalue weighted by atomic mass is 35.5. The highest BCUT2D eigenvalue weighted by Gasteiger charge is 2.09. The van der Waals surface area contributed by atoms with Crippen LogP contribution in [0.2, 0.25) is 5.02 Å². The summed E-state index contributed by atoms with van der Waals surface area (Å²) in [4.78, 5) is 28.1. The molecule has 0 radical (unpaired) electrons. The molecule has 3 aromatic rings. The fourth-order valence-electron chi connectivity index (χ4n) is 2.46. The molecule has 3 rings (SSSR count). The van der Waals surface area contributed by atoms with Crippen LogP contribution in [0.25, 0.3) is 11.3 Å². The molecule has 0 aliphatic heterocycles. The van der Waals surface area contributed by atoms with Crippen molar-refractivity contribution in [2.45, 2.75) is 13.0 Å². The molecule has 7 heteroatoms. The zero-order chi connectivity index (χ0) is 18.4. The lowest BCUT2D eigenvalue weighted by Gasteiger charge is -2.09. The van der Waals surface area contributed by atoms with Crippen LogP contribution in [0.1, 0.15) is 16.8 Å². The Bertz CT molecular complexity index is 957. The van der Waals surface area contributed by atoms with E-state index in [1.807, 2.05) is 12.1 Å². The molecule has 0 spiro atoms. The van der Waals surface area contributed by atoms with E-state index in [0.717, 1.165) is 5.56 Å². The van der Waals surface area contributed by atoms with Crippen LogP contribution in [-0.4, -0.2) is 27.2 Å². The second kappa shape index (κ2) is 8.40. The summed E-state index contributed by atoms with van der Waals surface area (Å²) in [5, 5.41) is 7.59. The Morgan fingerprint density at radius 3 is 2.62 bits per heavy atom. The number of carbonyl (C=O) groups is 1. The number of amides is 1. The lowest BCUT2D eigenvalue weighted by molar-refractivity contribution is 0.0952. The van der Waals surface area contributed by atoms with Crippen molar-refractivity contribution < 1.29 is 4.79 Å². The summed E-state index contributed by atoms with van der Waals surface area (Å²) in [5.41, 5.74) is 1.84. The van der Waals surface area contributed by atoms with Crippen LogP contribution in [0.15, 0.2) is 65.7 Å². The molecule has 0 atom stereocenters. The zero-order valence-electron chi connectivity index (χ0n) is 13.9. The molecule has 0 bridgehead atoms. The third-order valence-corrected chi connectivity index (χ3v) is 4.12. The first-order valence-electron chi connectivity index (χ1n) is 8.16. The van der Waals surface area contributed by atoms with Crippen molar-refractivity contribution in [3.8, 4) is 11.3 Å². The molecule has 0 saturated carbocycles. The molecule has 1 aromatic carbocycles. The summed E-state index contributed by atoms with van der Waals surface area (Å²) >= 11 is 6.00. The summed E-state index contributed by atoms with van der Waals surface area (Å²) in [6.07, 6.45) is 3.93. The van der Waals surface area contributed by atoms with Gasteiger partial charge in [-0.2, -0.15) is 5.10 Å². The standard InChI is InChI=1S/C19H17ClN4O2/c20-16-5-2-1-4-15(16)19(26)22-10-3-13-24-18(25)7-6-17(23-24)14-8-11-21-12-9-14/h1-2,4-9,11-12H,3,10,13H2,(H,22,26). The summed E-state index contributed by atoms with van der Waals surface area (Å²) in [7, 11) is 0. The lowest BCUT2D eigenvalue weighted by atomic mass is 10.2. The van der Waals surface area contributed by atoms with E-state index in [2.05, 4.69) is 15.4 Å². The molecule has 6 nitrogen and oxygen atoms in total. The highest BCUT2D eigenvalue weighted by molar-refractivity contribution is 6.33. The number of aryl methyl sites for hydroxylation is 1. The first kappa shape index (κ1) is 17.8. The van der Waals surface area contributed by atoms with Crippen LogP contribution >= 0.6 is 11.6 Å². The number of halogens is 1. The number of pyridine rings is 1. The van der Waals surface area contributed by atoms with Crippen molar-refractivity contribution in [3.63, 3.8) is 0 Å². The average molecular weight is 369 g/mol. The minimum Gasteiger partial charge on any atom is -0.352 e. The second-order valence-electron chi connectivity index (χ2n) is 5.61. The largest absolute Gasteiger partial charge is 0.352 e. The third kappa shape index (κ3) is 4.34. The smallest absolute Gasteiger partial charge is 0.266 e. The monoisotopic (exact) mass is 368 g/mol. The maximum absolute atomic E-state index is 12.1. The lowest BCUT2D eigenvalue weighted by Crippen LogP contribution is -2.28. The van der Waals surface area contributed by atoms with E-state index in [0.29, 0.717) is 35.8 Å². The molecule has 0 unspecified atom stereocenters. The number of hydrogen-bond acceptors (Lipinski definition) is 4. The first-order valence-corrected chi connectivity index (χ1v) is 8.54. The molecule has 2 heterocycles. The number of rotatable bonds is 6. The van der Waals surface area contributed by atoms with Crippen LogP contribution < -0.4 is 10.9 Å². The van der Waals surface area contributed by atoms with Gasteiger partial charge in [0.05, 0.1) is 16.3 Å². The SMILES string of the molecule is O=C(NCCCn1nc(-c2ccncc2)ccc1=O)c1ccccc1Cl. The van der Waals surface area contributed by atoms with Crippen molar-refractivity contribution in [3.05, 3.63) is 81.9 Å². The van der Waals surface area contributed by atoms with Gasteiger partial charge >= 0.3 is 0 Å². The Labute approximate surface area is 155 Å². The van der Waals surface area contributed by atoms with Gasteiger partial charge in [-0.05, 0) is 36.8 Å². The average Bonchev–Trinajstić information content (AvgIpc) is 2.67. The Kier molecular flexibility index (Phi) is 5.76. The molecule has 0 fully saturated rings. The molecular formula is C19H17ClN4O2. The molecule has 132 valence electrons. The number of benzene rings is 1. The minimum atomic E-state index is -0.235. The molecule has 26 heavy (non-hydrogen) atoms. The number of carbonyl (C=O) groups excluding carboxylic acids is 1. The Morgan fingerprint density at radius 2 is 1.85 bits per heavy atom. The molecule has 1 N–H and O–H groups in total. The zero-order valence-corrected chi connectivity index (χ0v) is 14.7. The molecule has 0 saturated heterocycles. The van der Waals surface area contributed by atoms with Gasteiger partial charge in [0.25, 0.3) is 11.5 Å². The maximum Gasteiger partial charge on any atom is 0.266 e. The van der Waals surface area contributed by atoms with Gasteiger partial charge in [-0.25, -0.2) is 4.68 Å². The van der Waals surface area contributed by atoms with Gasteiger partial charge in [0, 0.05) is 37.1 Å². The van der Waals surface area contributed by atoms with Gasteiger partial charge in [0.1, 0.15) is 0 Å². The van der Waals surface area contributed by atoms with Crippen molar-refractivity contribution in [1.82, 2.24) is 20.1 Å². The summed E-state index contributed by atoms with van der Waals surface area (Å²) < 4.78 is 1.40. The highest BCUT2D eigenvalue weighted by Crippen LogP contribution is 2.14. The fourth-order valence-corrected chi connectivity index (χ4v) is 2.68. The van der Waals surface area contributed by atoms with Gasteiger partial charge in [-0.1, -0.05) is 23.7 Å². The van der Waals surface area contributed by atoms with E-state index < -0.39 is 0 Å². The van der Waals surface area contributed by atoms with Crippen molar-refractivity contribution in [1.29, 1.82) is 0 Å². The van der Waals surface area contributed by atoms with E-state index in [1.165, 1.54) is 10.7 Å². The number of nitrogens with zero attached hydrogens (tertiary/aromatic N) is 3. The number of aromatic nitrogens is 3. The molecule has 1 amide bonds. The Morgan fingerprint density at radius 1 is 1.08 bits per heavy atom. The van der Waals surface area contributed by atoms with Gasteiger partial charge in [0.2, 0.25) is 0 Å². The fraction of sp³-hybridized carbons (Fsp3) is 0.158. The molecule has 2 aromatic heterocycles. The van der Waals surface area contributed by atoms with E-state index in [4.69, 9.17) is 11.6 Å². The topological polar surface area (TPSA) is 76.9 Å². The molecule has 0 aliphatic carbocycles. The second-order valence-corrected chi connectivity index (χ2v) is 6.01. The maximum atomic E-state index is 12.1. The van der Waals surface area contributed by atoms with Gasteiger partial charge in [-0.3, -0.25) is 14.6 Å². The summed E-state index contributed by atoms with van der Waals surface area (Å²) in [6, 6.07) is 13.7. The van der Waals surface area contributed by atoms with Crippen molar-refractivity contribution in [2.75, 3.05) is 6.54 Å². The van der Waals surface area contributed by atoms with E-state index >= 15 is 0 Å². The van der Waals surface area contributed by atoms with E-state index in [1.54, 1.807) is 42.7 Å². The van der Waals surface area contributed by atoms with Crippen molar-refractivity contribution >= 4 is 17.5 Å². The van der Waals surface area contributed by atoms with Crippen LogP contribution in [0.3, 0.4) is 0 Å². The van der Waals surface area contributed by atoms with Gasteiger partial charge in [-0.15, -0.1) is 0 Å². The Hall–Kier alpha value is -2.99. The van der Waals surface area contributed by atoms with Crippen LogP contribution in [0.4, 0.5) is 0 Å². The molecular weight excluding hydrogens is 352 g/mol. The first-order chi connectivity index (χ1) is 12.6. The Balaban J connectivity index is 1.59. The van der Waals surface area contributed by atoms with Crippen molar-refractivity contribution in [2.24, 2.45) is 0 Å². The third-order valence-electron chi connectivity index (χ3n) is 3.79. The van der Waals surface area contributed by atoms with Crippen LogP contribution in [0.5, 0.6) is 0 Å². The normalized spacial score (nSPS) is 10.5. The number of hydrogen-bond donors (Lipinski definition) is 1. The summed E-state index contributed by atoms with van der Waals surface area (Å²) in [6.45, 7) is 0.818. The number of nitrogens with one attached hydrogen (secondary N) is 1. The van der Waals surface area contributed by atoms with Gasteiger partial charge < -0.3 is 5.32 Å². The van der Waals surface area contributed by atoms with Crippen LogP contribution in [-0.2, 0) is 6.54 Å². The van der Waals surface area contributed by atoms with Crippen LogP contribution in [0, 0.1) is 0 Å². The minimum absolute atomic E-state index is 0.180. The quantitative estimate of drug-likeness (QED) is 0.679. The van der Waals surface area contributed by atoms with E-state index in [-0.39, 0.29) is 11.5 Å². The van der Waals surface area contributed by atoms with E-state index in [9.17, 15) is 9.59 Å².